The molecular weight excluding hydrogens is 757 g/mol. The Hall–Kier alpha value is -5.92. The number of fused-ring (bicyclic) bond motifs is 4. The van der Waals surface area contributed by atoms with Gasteiger partial charge in [-0.25, -0.2) is 22.0 Å². The van der Waals surface area contributed by atoms with Gasteiger partial charge < -0.3 is 14.2 Å². The molecule has 6 aromatic rings. The number of hydrogen-bond donors (Lipinski definition) is 0. The van der Waals surface area contributed by atoms with Crippen LogP contribution >= 0.6 is 0 Å². The van der Waals surface area contributed by atoms with Gasteiger partial charge in [-0.1, -0.05) is 103 Å². The second kappa shape index (κ2) is 15.8. The Bertz CT molecular complexity index is 2710. The van der Waals surface area contributed by atoms with Crippen molar-refractivity contribution in [2.45, 2.75) is 69.5 Å². The molecule has 2 aromatic heterocycles. The van der Waals surface area contributed by atoms with Crippen LogP contribution in [0.4, 0.5) is 4.79 Å². The van der Waals surface area contributed by atoms with Crippen molar-refractivity contribution < 1.29 is 27.4 Å². The fourth-order valence-corrected chi connectivity index (χ4v) is 10.2. The normalized spacial score (nSPS) is 19.0. The third kappa shape index (κ3) is 6.92. The summed E-state index contributed by atoms with van der Waals surface area (Å²) >= 11 is 0. The van der Waals surface area contributed by atoms with Crippen molar-refractivity contribution in [2.24, 2.45) is 20.0 Å². The van der Waals surface area contributed by atoms with Gasteiger partial charge >= 0.3 is 11.8 Å². The second-order valence-corrected chi connectivity index (χ2v) is 16.9. The van der Waals surface area contributed by atoms with Crippen molar-refractivity contribution in [3.05, 3.63) is 164 Å². The smallest absolute Gasteiger partial charge is 0.410 e. The van der Waals surface area contributed by atoms with E-state index in [-0.39, 0.29) is 42.5 Å². The van der Waals surface area contributed by atoms with E-state index in [1.165, 1.54) is 15.6 Å². The summed E-state index contributed by atoms with van der Waals surface area (Å²) in [5.41, 5.74) is 3.52. The number of nitrogens with zero attached hydrogens (tertiary/aromatic N) is 4. The zero-order chi connectivity index (χ0) is 40.7. The molecule has 8 rings (SSSR count). The van der Waals surface area contributed by atoms with Crippen LogP contribution in [-0.2, 0) is 53.2 Å². The first-order chi connectivity index (χ1) is 28.0. The Morgan fingerprint density at radius 2 is 1.47 bits per heavy atom. The molecule has 0 bridgehead atoms. The van der Waals surface area contributed by atoms with Crippen LogP contribution in [0.3, 0.4) is 0 Å². The van der Waals surface area contributed by atoms with Gasteiger partial charge in [0, 0.05) is 37.9 Å². The Morgan fingerprint density at radius 1 is 0.828 bits per heavy atom. The zero-order valence-corrected chi connectivity index (χ0v) is 33.7. The van der Waals surface area contributed by atoms with Gasteiger partial charge in [0.1, 0.15) is 6.61 Å². The van der Waals surface area contributed by atoms with Crippen LogP contribution in [0, 0.1) is 12.8 Å². The van der Waals surface area contributed by atoms with Gasteiger partial charge in [0.05, 0.1) is 34.3 Å². The maximum atomic E-state index is 15.0. The van der Waals surface area contributed by atoms with Gasteiger partial charge in [-0.15, -0.1) is 0 Å². The molecule has 4 atom stereocenters. The van der Waals surface area contributed by atoms with E-state index in [1.54, 1.807) is 48.3 Å². The molecule has 300 valence electrons. The minimum Gasteiger partial charge on any atom is -0.449 e. The number of ether oxygens (including phenoxy) is 3. The minimum atomic E-state index is -4.24. The SMILES string of the molecule is CC[C@H]1[C@H](OCc2ccccc2)Oc2c(c(=O)n(C)c(=O)n2C)[C@H]1C[C@H]1c2c(c3ccccc3n2S(=O)(=O)c2ccc(C)cc2)CCN1C(=O)OCc1ccccc1. The molecular formula is C45H46N4O8S. The number of amides is 1. The first-order valence-corrected chi connectivity index (χ1v) is 21.0. The lowest BCUT2D eigenvalue weighted by atomic mass is 9.77. The summed E-state index contributed by atoms with van der Waals surface area (Å²) in [6, 6.07) is 32.2. The van der Waals surface area contributed by atoms with Gasteiger partial charge in [-0.2, -0.15) is 0 Å². The van der Waals surface area contributed by atoms with Gasteiger partial charge in [0.15, 0.2) is 0 Å². The van der Waals surface area contributed by atoms with Crippen molar-refractivity contribution >= 4 is 27.0 Å². The monoisotopic (exact) mass is 802 g/mol. The van der Waals surface area contributed by atoms with Crippen molar-refractivity contribution in [1.82, 2.24) is 18.0 Å². The summed E-state index contributed by atoms with van der Waals surface area (Å²) in [6.07, 6.45) is -0.540. The lowest BCUT2D eigenvalue weighted by molar-refractivity contribution is -0.146. The number of aryl methyl sites for hydroxylation is 1. The molecule has 58 heavy (non-hydrogen) atoms. The fourth-order valence-electron chi connectivity index (χ4n) is 8.60. The molecule has 4 aromatic carbocycles. The van der Waals surface area contributed by atoms with Crippen molar-refractivity contribution in [3.8, 4) is 5.88 Å². The van der Waals surface area contributed by atoms with Crippen LogP contribution < -0.4 is 16.0 Å². The van der Waals surface area contributed by atoms with Gasteiger partial charge in [-0.3, -0.25) is 18.8 Å². The van der Waals surface area contributed by atoms with Crippen LogP contribution in [-0.4, -0.2) is 45.4 Å². The molecule has 12 nitrogen and oxygen atoms in total. The molecule has 4 heterocycles. The summed E-state index contributed by atoms with van der Waals surface area (Å²) in [5, 5.41) is 0.761. The maximum Gasteiger partial charge on any atom is 0.410 e. The number of carbonyl (C=O) groups is 1. The Balaban J connectivity index is 1.32. The molecule has 0 aliphatic carbocycles. The number of benzene rings is 4. The minimum absolute atomic E-state index is 0.0101. The molecule has 0 saturated heterocycles. The largest absolute Gasteiger partial charge is 0.449 e. The predicted octanol–water partition coefficient (Wildman–Crippen LogP) is 6.96. The Labute approximate surface area is 336 Å². The molecule has 0 fully saturated rings. The summed E-state index contributed by atoms with van der Waals surface area (Å²) in [5.74, 6) is -1.02. The van der Waals surface area contributed by atoms with E-state index in [9.17, 15) is 22.8 Å². The molecule has 0 saturated carbocycles. The number of carbonyl (C=O) groups excluding carboxylic acids is 1. The first kappa shape index (κ1) is 38.9. The van der Waals surface area contributed by atoms with E-state index < -0.39 is 51.5 Å². The second-order valence-electron chi connectivity index (χ2n) is 15.1. The Morgan fingerprint density at radius 3 is 2.14 bits per heavy atom. The van der Waals surface area contributed by atoms with Gasteiger partial charge in [0.25, 0.3) is 15.6 Å². The van der Waals surface area contributed by atoms with E-state index in [2.05, 4.69) is 0 Å². The average Bonchev–Trinajstić information content (AvgIpc) is 3.60. The van der Waals surface area contributed by atoms with Gasteiger partial charge in [0.2, 0.25) is 12.2 Å². The molecule has 2 aliphatic rings. The highest BCUT2D eigenvalue weighted by Crippen LogP contribution is 2.49. The van der Waals surface area contributed by atoms with E-state index in [0.717, 1.165) is 32.2 Å². The molecule has 0 radical (unpaired) electrons. The van der Waals surface area contributed by atoms with Crippen LogP contribution in [0.25, 0.3) is 10.9 Å². The molecule has 0 spiro atoms. The molecule has 13 heteroatoms. The van der Waals surface area contributed by atoms with Crippen LogP contribution in [0.1, 0.15) is 65.2 Å². The van der Waals surface area contributed by atoms with Crippen molar-refractivity contribution in [2.75, 3.05) is 6.54 Å². The molecule has 2 aliphatic heterocycles. The topological polar surface area (TPSA) is 131 Å². The number of aromatic nitrogens is 3. The summed E-state index contributed by atoms with van der Waals surface area (Å²) < 4.78 is 52.7. The van der Waals surface area contributed by atoms with E-state index in [0.29, 0.717) is 24.1 Å². The maximum absolute atomic E-state index is 15.0. The van der Waals surface area contributed by atoms with E-state index >= 15 is 0 Å². The number of hydrogen-bond acceptors (Lipinski definition) is 8. The van der Waals surface area contributed by atoms with Gasteiger partial charge in [-0.05, 0) is 61.1 Å². The summed E-state index contributed by atoms with van der Waals surface area (Å²) in [4.78, 5) is 43.8. The summed E-state index contributed by atoms with van der Waals surface area (Å²) in [6.45, 7) is 4.32. The number of para-hydroxylation sites is 1. The molecule has 0 N–H and O–H groups in total. The van der Waals surface area contributed by atoms with E-state index in [1.807, 2.05) is 86.6 Å². The lowest BCUT2D eigenvalue weighted by Crippen LogP contribution is -2.49. The zero-order valence-electron chi connectivity index (χ0n) is 32.9. The molecule has 0 unspecified atom stereocenters. The van der Waals surface area contributed by atoms with Crippen molar-refractivity contribution in [3.63, 3.8) is 0 Å². The quantitative estimate of drug-likeness (QED) is 0.145. The van der Waals surface area contributed by atoms with Crippen molar-refractivity contribution in [1.29, 1.82) is 0 Å². The van der Waals surface area contributed by atoms with Crippen LogP contribution in [0.2, 0.25) is 0 Å². The van der Waals surface area contributed by atoms with Crippen LogP contribution in [0.15, 0.2) is 124 Å². The lowest BCUT2D eigenvalue weighted by Gasteiger charge is -2.43. The third-order valence-electron chi connectivity index (χ3n) is 11.6. The Kier molecular flexibility index (Phi) is 10.6. The first-order valence-electron chi connectivity index (χ1n) is 19.5. The van der Waals surface area contributed by atoms with E-state index in [4.69, 9.17) is 14.2 Å². The highest BCUT2D eigenvalue weighted by Gasteiger charge is 2.47. The number of rotatable bonds is 10. The fraction of sp³-hybridized carbons (Fsp3) is 0.311. The summed E-state index contributed by atoms with van der Waals surface area (Å²) in [7, 11) is -1.26. The van der Waals surface area contributed by atoms with Crippen LogP contribution in [0.5, 0.6) is 5.88 Å². The highest BCUT2D eigenvalue weighted by atomic mass is 32.2. The highest BCUT2D eigenvalue weighted by molar-refractivity contribution is 7.90. The standard InChI is InChI=1S/C45H46N4O8S/c1-5-33-36(39-41(50)46(3)44(51)47(4)42(39)57-43(33)55-27-30-14-8-6-9-15-30)26-38-40-35(24-25-48(38)45(52)56-28-31-16-10-7-11-17-31)34-18-12-13-19-37(34)49(40)58(53,54)32-22-20-29(2)21-23-32/h6-23,33,36,38,43H,5,24-28H2,1-4H3/t33-,36+,38+,43-/m1/s1. The third-order valence-corrected chi connectivity index (χ3v) is 13.3. The molecule has 1 amide bonds. The average molecular weight is 803 g/mol. The predicted molar refractivity (Wildman–Crippen MR) is 219 cm³/mol.